The maximum absolute atomic E-state index is 6.20. The van der Waals surface area contributed by atoms with Crippen LogP contribution in [0.4, 0.5) is 0 Å². The summed E-state index contributed by atoms with van der Waals surface area (Å²) in [4.78, 5) is 5.50. The minimum atomic E-state index is 0.337. The molecule has 2 heterocycles. The van der Waals surface area contributed by atoms with Gasteiger partial charge >= 0.3 is 0 Å². The second-order valence-corrected chi connectivity index (χ2v) is 6.73. The van der Waals surface area contributed by atoms with E-state index >= 15 is 0 Å². The molecule has 1 saturated carbocycles. The number of piperidine rings is 1. The van der Waals surface area contributed by atoms with E-state index in [-0.39, 0.29) is 0 Å². The zero-order valence-corrected chi connectivity index (χ0v) is 11.9. The summed E-state index contributed by atoms with van der Waals surface area (Å²) in [5.74, 6) is 0.789. The van der Waals surface area contributed by atoms with Gasteiger partial charge in [-0.1, -0.05) is 19.8 Å². The Morgan fingerprint density at radius 1 is 1.11 bits per heavy atom. The van der Waals surface area contributed by atoms with Crippen LogP contribution in [0.2, 0.25) is 0 Å². The van der Waals surface area contributed by atoms with Gasteiger partial charge in [-0.2, -0.15) is 0 Å². The topological polar surface area (TPSA) is 32.5 Å². The van der Waals surface area contributed by atoms with Gasteiger partial charge in [-0.15, -0.1) is 0 Å². The van der Waals surface area contributed by atoms with Crippen LogP contribution in [0, 0.1) is 5.92 Å². The van der Waals surface area contributed by atoms with Crippen molar-refractivity contribution in [3.63, 3.8) is 0 Å². The number of nitrogens with zero attached hydrogens (tertiary/aromatic N) is 2. The van der Waals surface area contributed by atoms with E-state index in [4.69, 9.17) is 5.73 Å². The molecule has 0 bridgehead atoms. The lowest BCUT2D eigenvalue weighted by atomic mass is 9.84. The maximum Gasteiger partial charge on any atom is 0.0358 e. The van der Waals surface area contributed by atoms with Crippen LogP contribution in [0.5, 0.6) is 0 Å². The van der Waals surface area contributed by atoms with E-state index < -0.39 is 0 Å². The van der Waals surface area contributed by atoms with Crippen molar-refractivity contribution in [1.82, 2.24) is 9.80 Å². The molecule has 3 aliphatic rings. The van der Waals surface area contributed by atoms with Gasteiger partial charge in [0.15, 0.2) is 0 Å². The van der Waals surface area contributed by atoms with Crippen molar-refractivity contribution >= 4 is 0 Å². The van der Waals surface area contributed by atoms with E-state index in [1.165, 1.54) is 64.7 Å². The van der Waals surface area contributed by atoms with E-state index in [9.17, 15) is 0 Å². The van der Waals surface area contributed by atoms with E-state index in [0.29, 0.717) is 5.54 Å². The third-order valence-corrected chi connectivity index (χ3v) is 5.98. The molecular weight excluding hydrogens is 222 g/mol. The molecule has 104 valence electrons. The molecule has 0 amide bonds. The predicted octanol–water partition coefficient (Wildman–Crippen LogP) is 1.67. The first-order valence-corrected chi connectivity index (χ1v) is 7.95. The van der Waals surface area contributed by atoms with Crippen LogP contribution in [-0.4, -0.2) is 54.1 Å². The van der Waals surface area contributed by atoms with Gasteiger partial charge in [-0.25, -0.2) is 0 Å². The molecule has 3 fully saturated rings. The summed E-state index contributed by atoms with van der Waals surface area (Å²) >= 11 is 0. The molecule has 0 aromatic heterocycles. The molecule has 3 atom stereocenters. The average Bonchev–Trinajstić information content (AvgIpc) is 2.80. The Morgan fingerprint density at radius 2 is 2.00 bits per heavy atom. The van der Waals surface area contributed by atoms with E-state index in [1.807, 2.05) is 0 Å². The number of rotatable bonds is 2. The molecule has 1 aliphatic carbocycles. The highest BCUT2D eigenvalue weighted by Gasteiger charge is 2.46. The quantitative estimate of drug-likeness (QED) is 0.810. The molecular formula is C15H29N3. The number of hydrogen-bond acceptors (Lipinski definition) is 3. The van der Waals surface area contributed by atoms with E-state index in [1.54, 1.807) is 0 Å². The number of nitrogens with two attached hydrogens (primary N) is 1. The van der Waals surface area contributed by atoms with Crippen molar-refractivity contribution in [3.8, 4) is 0 Å². The zero-order valence-electron chi connectivity index (χ0n) is 11.9. The van der Waals surface area contributed by atoms with E-state index in [0.717, 1.165) is 18.5 Å². The maximum atomic E-state index is 6.20. The van der Waals surface area contributed by atoms with Gasteiger partial charge in [0.2, 0.25) is 0 Å². The van der Waals surface area contributed by atoms with Gasteiger partial charge in [-0.3, -0.25) is 9.80 Å². The van der Waals surface area contributed by atoms with E-state index in [2.05, 4.69) is 16.7 Å². The summed E-state index contributed by atoms with van der Waals surface area (Å²) in [6.45, 7) is 8.43. The molecule has 2 N–H and O–H groups in total. The van der Waals surface area contributed by atoms with Crippen LogP contribution in [-0.2, 0) is 0 Å². The van der Waals surface area contributed by atoms with Crippen molar-refractivity contribution in [2.75, 3.05) is 32.7 Å². The minimum absolute atomic E-state index is 0.337. The van der Waals surface area contributed by atoms with Crippen LogP contribution in [0.15, 0.2) is 0 Å². The molecule has 18 heavy (non-hydrogen) atoms. The molecule has 3 rings (SSSR count). The fourth-order valence-corrected chi connectivity index (χ4v) is 4.69. The monoisotopic (exact) mass is 251 g/mol. The van der Waals surface area contributed by atoms with Crippen molar-refractivity contribution < 1.29 is 0 Å². The van der Waals surface area contributed by atoms with Crippen molar-refractivity contribution in [2.45, 2.75) is 57.0 Å². The van der Waals surface area contributed by atoms with Gasteiger partial charge in [-0.05, 0) is 38.1 Å². The normalized spacial score (nSPS) is 43.0. The van der Waals surface area contributed by atoms with Crippen LogP contribution < -0.4 is 5.73 Å². The largest absolute Gasteiger partial charge is 0.329 e. The molecule has 3 nitrogen and oxygen atoms in total. The van der Waals surface area contributed by atoms with Crippen LogP contribution >= 0.6 is 0 Å². The Kier molecular flexibility index (Phi) is 3.65. The highest BCUT2D eigenvalue weighted by Crippen LogP contribution is 2.41. The number of fused-ring (bicyclic) bond motifs is 1. The molecule has 2 saturated heterocycles. The smallest absolute Gasteiger partial charge is 0.0358 e. The van der Waals surface area contributed by atoms with Gasteiger partial charge in [0.05, 0.1) is 0 Å². The third-order valence-electron chi connectivity index (χ3n) is 5.98. The average molecular weight is 251 g/mol. The van der Waals surface area contributed by atoms with Crippen LogP contribution in [0.25, 0.3) is 0 Å². The Morgan fingerprint density at radius 3 is 2.72 bits per heavy atom. The van der Waals surface area contributed by atoms with Crippen molar-refractivity contribution in [1.29, 1.82) is 0 Å². The first-order valence-electron chi connectivity index (χ1n) is 7.95. The summed E-state index contributed by atoms with van der Waals surface area (Å²) in [6, 6.07) is 0.823. The van der Waals surface area contributed by atoms with Crippen molar-refractivity contribution in [3.05, 3.63) is 0 Å². The summed E-state index contributed by atoms with van der Waals surface area (Å²) in [5, 5.41) is 0. The number of piperazine rings is 1. The molecule has 0 radical (unpaired) electrons. The highest BCUT2D eigenvalue weighted by atomic mass is 15.3. The molecule has 0 spiro atoms. The second-order valence-electron chi connectivity index (χ2n) is 6.73. The van der Waals surface area contributed by atoms with Crippen molar-refractivity contribution in [2.24, 2.45) is 11.7 Å². The van der Waals surface area contributed by atoms with Gasteiger partial charge in [0.1, 0.15) is 0 Å². The lowest BCUT2D eigenvalue weighted by molar-refractivity contribution is -0.0241. The third kappa shape index (κ3) is 2.00. The molecule has 0 aromatic carbocycles. The standard InChI is InChI=1S/C15H29N3/c1-13-5-4-7-15(13,12-16)18-10-9-17-8-3-2-6-14(17)11-18/h13-14H,2-12,16H2,1H3. The van der Waals surface area contributed by atoms with Gasteiger partial charge in [0.25, 0.3) is 0 Å². The Balaban J connectivity index is 1.72. The lowest BCUT2D eigenvalue weighted by Crippen LogP contribution is -2.64. The fourth-order valence-electron chi connectivity index (χ4n) is 4.69. The first-order chi connectivity index (χ1) is 8.76. The van der Waals surface area contributed by atoms with Crippen LogP contribution in [0.3, 0.4) is 0 Å². The SMILES string of the molecule is CC1CCCC1(CN)N1CCN2CCCCC2C1. The summed E-state index contributed by atoms with van der Waals surface area (Å²) in [6.07, 6.45) is 8.34. The van der Waals surface area contributed by atoms with Crippen LogP contribution in [0.1, 0.15) is 45.4 Å². The highest BCUT2D eigenvalue weighted by molar-refractivity contribution is 5.03. The Labute approximate surface area is 112 Å². The number of hydrogen-bond donors (Lipinski definition) is 1. The molecule has 2 aliphatic heterocycles. The molecule has 3 unspecified atom stereocenters. The second kappa shape index (κ2) is 5.10. The van der Waals surface area contributed by atoms with Gasteiger partial charge in [0, 0.05) is 37.8 Å². The predicted molar refractivity (Wildman–Crippen MR) is 75.6 cm³/mol. The fraction of sp³-hybridized carbons (Fsp3) is 1.00. The molecule has 3 heteroatoms. The Hall–Kier alpha value is -0.120. The summed E-state index contributed by atoms with van der Waals surface area (Å²) in [5.41, 5.74) is 6.54. The minimum Gasteiger partial charge on any atom is -0.329 e. The summed E-state index contributed by atoms with van der Waals surface area (Å²) < 4.78 is 0. The Bertz CT molecular complexity index is 293. The van der Waals surface area contributed by atoms with Gasteiger partial charge < -0.3 is 5.73 Å². The molecule has 0 aromatic rings. The lowest BCUT2D eigenvalue weighted by Gasteiger charge is -2.52. The first kappa shape index (κ1) is 12.9. The zero-order chi connectivity index (χ0) is 12.6. The summed E-state index contributed by atoms with van der Waals surface area (Å²) in [7, 11) is 0.